The van der Waals surface area contributed by atoms with E-state index in [9.17, 15) is 18.0 Å². The maximum Gasteiger partial charge on any atom is 0.490 e. The molecule has 3 saturated heterocycles. The molecule has 0 bridgehead atoms. The summed E-state index contributed by atoms with van der Waals surface area (Å²) in [6, 6.07) is 8.38. The lowest BCUT2D eigenvalue weighted by Gasteiger charge is -2.40. The number of carbonyl (C=O) groups excluding carboxylic acids is 1. The van der Waals surface area contributed by atoms with Crippen molar-refractivity contribution in [2.75, 3.05) is 46.5 Å². The van der Waals surface area contributed by atoms with Crippen LogP contribution < -0.4 is 4.74 Å². The Bertz CT molecular complexity index is 819. The first kappa shape index (κ1) is 25.3. The van der Waals surface area contributed by atoms with Gasteiger partial charge in [-0.05, 0) is 55.3 Å². The zero-order chi connectivity index (χ0) is 24.1. The SMILES string of the molecule is COc1cccc(CN2CCC3(CCN(C(=O)C4CCOC4)CC3)C2)c1.O=C(O)C(F)(F)F. The van der Waals surface area contributed by atoms with Crippen LogP contribution in [-0.2, 0) is 20.9 Å². The van der Waals surface area contributed by atoms with Gasteiger partial charge in [-0.2, -0.15) is 13.2 Å². The number of amides is 1. The number of halogens is 3. The Labute approximate surface area is 191 Å². The molecule has 1 unspecified atom stereocenters. The summed E-state index contributed by atoms with van der Waals surface area (Å²) >= 11 is 0. The number of piperidine rings is 1. The monoisotopic (exact) mass is 472 g/mol. The van der Waals surface area contributed by atoms with E-state index in [2.05, 4.69) is 28.0 Å². The first-order valence-electron chi connectivity index (χ1n) is 11.1. The molecule has 0 aromatic heterocycles. The van der Waals surface area contributed by atoms with Crippen molar-refractivity contribution in [1.29, 1.82) is 0 Å². The lowest BCUT2D eigenvalue weighted by molar-refractivity contribution is -0.192. The smallest absolute Gasteiger partial charge is 0.490 e. The van der Waals surface area contributed by atoms with E-state index in [-0.39, 0.29) is 5.92 Å². The van der Waals surface area contributed by atoms with E-state index in [4.69, 9.17) is 19.4 Å². The number of aliphatic carboxylic acids is 1. The second-order valence-corrected chi connectivity index (χ2v) is 9.00. The summed E-state index contributed by atoms with van der Waals surface area (Å²) in [5, 5.41) is 7.12. The fourth-order valence-corrected chi connectivity index (χ4v) is 4.79. The third-order valence-electron chi connectivity index (χ3n) is 6.71. The highest BCUT2D eigenvalue weighted by Gasteiger charge is 2.42. The summed E-state index contributed by atoms with van der Waals surface area (Å²) in [5.41, 5.74) is 1.72. The molecule has 10 heteroatoms. The molecule has 0 aliphatic carbocycles. The largest absolute Gasteiger partial charge is 0.497 e. The average Bonchev–Trinajstić information content (AvgIpc) is 3.45. The first-order valence-corrected chi connectivity index (χ1v) is 11.1. The van der Waals surface area contributed by atoms with Gasteiger partial charge < -0.3 is 19.5 Å². The van der Waals surface area contributed by atoms with Gasteiger partial charge in [0, 0.05) is 32.8 Å². The molecule has 1 spiro atoms. The summed E-state index contributed by atoms with van der Waals surface area (Å²) in [4.78, 5) is 26.1. The minimum Gasteiger partial charge on any atom is -0.497 e. The molecule has 0 radical (unpaired) electrons. The number of carbonyl (C=O) groups is 2. The second-order valence-electron chi connectivity index (χ2n) is 9.00. The van der Waals surface area contributed by atoms with Crippen LogP contribution in [0.1, 0.15) is 31.2 Å². The third-order valence-corrected chi connectivity index (χ3v) is 6.71. The van der Waals surface area contributed by atoms with Gasteiger partial charge in [0.1, 0.15) is 5.75 Å². The van der Waals surface area contributed by atoms with E-state index in [1.807, 2.05) is 6.07 Å². The van der Waals surface area contributed by atoms with Crippen molar-refractivity contribution in [1.82, 2.24) is 9.80 Å². The molecule has 1 aromatic rings. The lowest BCUT2D eigenvalue weighted by Crippen LogP contribution is -2.46. The molecule has 3 aliphatic heterocycles. The fourth-order valence-electron chi connectivity index (χ4n) is 4.79. The molecule has 33 heavy (non-hydrogen) atoms. The minimum atomic E-state index is -5.08. The molecule has 4 rings (SSSR count). The van der Waals surface area contributed by atoms with Crippen LogP contribution in [0.25, 0.3) is 0 Å². The van der Waals surface area contributed by atoms with Crippen molar-refractivity contribution in [3.8, 4) is 5.75 Å². The molecule has 1 atom stereocenters. The van der Waals surface area contributed by atoms with E-state index in [1.54, 1.807) is 7.11 Å². The number of methoxy groups -OCH3 is 1. The fraction of sp³-hybridized carbons (Fsp3) is 0.652. The number of carboxylic acid groups (broad SMARTS) is 1. The average molecular weight is 473 g/mol. The van der Waals surface area contributed by atoms with E-state index in [0.717, 1.165) is 64.3 Å². The van der Waals surface area contributed by atoms with Crippen LogP contribution in [0.4, 0.5) is 13.2 Å². The molecule has 184 valence electrons. The Morgan fingerprint density at radius 3 is 2.45 bits per heavy atom. The maximum absolute atomic E-state index is 12.6. The van der Waals surface area contributed by atoms with Crippen LogP contribution >= 0.6 is 0 Å². The predicted octanol–water partition coefficient (Wildman–Crippen LogP) is 3.18. The Morgan fingerprint density at radius 1 is 1.21 bits per heavy atom. The van der Waals surface area contributed by atoms with Gasteiger partial charge in [-0.1, -0.05) is 12.1 Å². The minimum absolute atomic E-state index is 0.109. The van der Waals surface area contributed by atoms with Crippen LogP contribution in [0.2, 0.25) is 0 Å². The van der Waals surface area contributed by atoms with E-state index >= 15 is 0 Å². The molecule has 3 aliphatic rings. The third kappa shape index (κ3) is 6.83. The summed E-state index contributed by atoms with van der Waals surface area (Å²) in [6.45, 7) is 6.49. The normalized spacial score (nSPS) is 22.7. The topological polar surface area (TPSA) is 79.3 Å². The number of ether oxygens (including phenoxy) is 2. The molecular weight excluding hydrogens is 441 g/mol. The first-order chi connectivity index (χ1) is 15.6. The quantitative estimate of drug-likeness (QED) is 0.725. The highest BCUT2D eigenvalue weighted by molar-refractivity contribution is 5.79. The van der Waals surface area contributed by atoms with E-state index < -0.39 is 12.1 Å². The molecule has 0 saturated carbocycles. The van der Waals surface area contributed by atoms with Crippen molar-refractivity contribution >= 4 is 11.9 Å². The highest BCUT2D eigenvalue weighted by Crippen LogP contribution is 2.41. The van der Waals surface area contributed by atoms with Crippen molar-refractivity contribution in [2.24, 2.45) is 11.3 Å². The zero-order valence-corrected chi connectivity index (χ0v) is 18.8. The van der Waals surface area contributed by atoms with Gasteiger partial charge >= 0.3 is 12.1 Å². The van der Waals surface area contributed by atoms with Gasteiger partial charge in [0.2, 0.25) is 5.91 Å². The Hall–Kier alpha value is -2.33. The van der Waals surface area contributed by atoms with Crippen molar-refractivity contribution < 1.29 is 37.3 Å². The Balaban J connectivity index is 0.000000383. The number of hydrogen-bond acceptors (Lipinski definition) is 5. The second kappa shape index (κ2) is 10.7. The summed E-state index contributed by atoms with van der Waals surface area (Å²) in [5.74, 6) is -1.40. The van der Waals surface area contributed by atoms with Crippen LogP contribution in [0.15, 0.2) is 24.3 Å². The molecule has 1 amide bonds. The number of nitrogens with zero attached hydrogens (tertiary/aromatic N) is 2. The van der Waals surface area contributed by atoms with Crippen molar-refractivity contribution in [3.63, 3.8) is 0 Å². The van der Waals surface area contributed by atoms with Crippen LogP contribution in [0, 0.1) is 11.3 Å². The van der Waals surface area contributed by atoms with Crippen LogP contribution in [-0.4, -0.2) is 79.5 Å². The van der Waals surface area contributed by atoms with Gasteiger partial charge in [-0.3, -0.25) is 9.69 Å². The van der Waals surface area contributed by atoms with Gasteiger partial charge in [0.15, 0.2) is 0 Å². The number of benzene rings is 1. The Kier molecular flexibility index (Phi) is 8.23. The van der Waals surface area contributed by atoms with Gasteiger partial charge in [0.05, 0.1) is 19.6 Å². The van der Waals surface area contributed by atoms with Crippen LogP contribution in [0.5, 0.6) is 5.75 Å². The van der Waals surface area contributed by atoms with E-state index in [0.29, 0.717) is 17.9 Å². The molecule has 7 nitrogen and oxygen atoms in total. The number of alkyl halides is 3. The highest BCUT2D eigenvalue weighted by atomic mass is 19.4. The van der Waals surface area contributed by atoms with Gasteiger partial charge in [-0.25, -0.2) is 4.79 Å². The molecular formula is C23H31F3N2O5. The molecule has 3 fully saturated rings. The number of carboxylic acids is 1. The van der Waals surface area contributed by atoms with Crippen molar-refractivity contribution in [2.45, 2.75) is 38.4 Å². The standard InChI is InChI=1S/C21H30N2O3.C2HF3O2/c1-25-19-4-2-3-17(13-19)14-22-9-6-21(16-22)7-10-23(11-8-21)20(24)18-5-12-26-15-18;3-2(4,5)1(6)7/h2-4,13,18H,5-12,14-16H2,1H3;(H,6,7). The Morgan fingerprint density at radius 2 is 1.88 bits per heavy atom. The number of rotatable bonds is 4. The molecule has 3 heterocycles. The van der Waals surface area contributed by atoms with Gasteiger partial charge in [0.25, 0.3) is 0 Å². The lowest BCUT2D eigenvalue weighted by atomic mass is 9.77. The van der Waals surface area contributed by atoms with Crippen LogP contribution in [0.3, 0.4) is 0 Å². The predicted molar refractivity (Wildman–Crippen MR) is 114 cm³/mol. The maximum atomic E-state index is 12.6. The molecule has 1 N–H and O–H groups in total. The van der Waals surface area contributed by atoms with Crippen molar-refractivity contribution in [3.05, 3.63) is 29.8 Å². The summed E-state index contributed by atoms with van der Waals surface area (Å²) < 4.78 is 42.5. The van der Waals surface area contributed by atoms with E-state index in [1.165, 1.54) is 12.0 Å². The zero-order valence-electron chi connectivity index (χ0n) is 18.8. The number of likely N-dealkylation sites (tertiary alicyclic amines) is 2. The summed E-state index contributed by atoms with van der Waals surface area (Å²) in [7, 11) is 1.72. The molecule has 1 aromatic carbocycles. The van der Waals surface area contributed by atoms with Gasteiger partial charge in [-0.15, -0.1) is 0 Å². The number of hydrogen-bond donors (Lipinski definition) is 1. The summed E-state index contributed by atoms with van der Waals surface area (Å²) in [6.07, 6.45) is -0.651.